The maximum atomic E-state index is 4.75. The molecule has 1 aromatic rings. The fourth-order valence-electron chi connectivity index (χ4n) is 1.22. The van der Waals surface area contributed by atoms with Gasteiger partial charge in [0.25, 0.3) is 0 Å². The minimum atomic E-state index is 0.160. The lowest BCUT2D eigenvalue weighted by atomic mass is 10.2. The molecule has 0 aliphatic heterocycles. The van der Waals surface area contributed by atoms with Gasteiger partial charge < -0.3 is 9.84 Å². The van der Waals surface area contributed by atoms with Crippen LogP contribution in [0.1, 0.15) is 18.5 Å². The molecule has 3 nitrogen and oxygen atoms in total. The van der Waals surface area contributed by atoms with Crippen LogP contribution >= 0.6 is 0 Å². The van der Waals surface area contributed by atoms with Gasteiger partial charge in [-0.15, -0.1) is 0 Å². The first-order chi connectivity index (χ1) is 4.87. The summed E-state index contributed by atoms with van der Waals surface area (Å²) in [6.45, 7) is 0. The molecule has 0 saturated heterocycles. The summed E-state index contributed by atoms with van der Waals surface area (Å²) in [7, 11) is 1.96. The fraction of sp³-hybridized carbons (Fsp3) is 0.571. The summed E-state index contributed by atoms with van der Waals surface area (Å²) < 4.78 is 4.75. The van der Waals surface area contributed by atoms with Crippen LogP contribution in [-0.2, 0) is 5.54 Å². The van der Waals surface area contributed by atoms with Crippen LogP contribution in [0.4, 0.5) is 0 Å². The molecule has 2 rings (SSSR count). The van der Waals surface area contributed by atoms with Crippen LogP contribution in [0.15, 0.2) is 16.9 Å². The normalized spacial score (nSPS) is 20.9. The van der Waals surface area contributed by atoms with Crippen LogP contribution in [-0.4, -0.2) is 12.2 Å². The Morgan fingerprint density at radius 3 is 2.90 bits per heavy atom. The predicted molar refractivity (Wildman–Crippen MR) is 36.5 cm³/mol. The lowest BCUT2D eigenvalue weighted by Crippen LogP contribution is -2.24. The van der Waals surface area contributed by atoms with Crippen molar-refractivity contribution in [2.75, 3.05) is 7.05 Å². The Hall–Kier alpha value is -0.830. The zero-order valence-electron chi connectivity index (χ0n) is 5.92. The number of aromatic nitrogens is 1. The topological polar surface area (TPSA) is 38.1 Å². The van der Waals surface area contributed by atoms with E-state index in [1.165, 1.54) is 12.8 Å². The van der Waals surface area contributed by atoms with Gasteiger partial charge in [0.1, 0.15) is 12.0 Å². The SMILES string of the molecule is CNC1(c2ccon2)CC1. The van der Waals surface area contributed by atoms with E-state index in [0.717, 1.165) is 5.69 Å². The molecule has 0 amide bonds. The van der Waals surface area contributed by atoms with Crippen molar-refractivity contribution in [1.29, 1.82) is 0 Å². The van der Waals surface area contributed by atoms with E-state index < -0.39 is 0 Å². The van der Waals surface area contributed by atoms with Crippen LogP contribution in [0.2, 0.25) is 0 Å². The highest BCUT2D eigenvalue weighted by atomic mass is 16.5. The zero-order chi connectivity index (χ0) is 7.03. The van der Waals surface area contributed by atoms with Gasteiger partial charge in [0.2, 0.25) is 0 Å². The monoisotopic (exact) mass is 138 g/mol. The maximum absolute atomic E-state index is 4.75. The first-order valence-electron chi connectivity index (χ1n) is 3.47. The average molecular weight is 138 g/mol. The van der Waals surface area contributed by atoms with Gasteiger partial charge in [-0.1, -0.05) is 5.16 Å². The number of hydrogen-bond acceptors (Lipinski definition) is 3. The molecule has 0 spiro atoms. The van der Waals surface area contributed by atoms with Gasteiger partial charge in [-0.05, 0) is 19.9 Å². The van der Waals surface area contributed by atoms with Crippen LogP contribution in [0, 0.1) is 0 Å². The summed E-state index contributed by atoms with van der Waals surface area (Å²) in [6, 6.07) is 1.92. The number of nitrogens with zero attached hydrogens (tertiary/aromatic N) is 1. The third kappa shape index (κ3) is 0.671. The van der Waals surface area contributed by atoms with E-state index in [1.807, 2.05) is 13.1 Å². The second-order valence-electron chi connectivity index (χ2n) is 2.72. The molecule has 1 heterocycles. The van der Waals surface area contributed by atoms with E-state index >= 15 is 0 Å². The van der Waals surface area contributed by atoms with Gasteiger partial charge in [0.05, 0.1) is 5.54 Å². The summed E-state index contributed by atoms with van der Waals surface area (Å²) in [6.07, 6.45) is 3.97. The summed E-state index contributed by atoms with van der Waals surface area (Å²) in [4.78, 5) is 0. The summed E-state index contributed by atoms with van der Waals surface area (Å²) in [5.41, 5.74) is 1.20. The van der Waals surface area contributed by atoms with Crippen molar-refractivity contribution in [3.8, 4) is 0 Å². The highest BCUT2D eigenvalue weighted by Gasteiger charge is 2.44. The molecule has 0 unspecified atom stereocenters. The van der Waals surface area contributed by atoms with E-state index in [9.17, 15) is 0 Å². The standard InChI is InChI=1S/C7H10N2O/c1-8-7(3-4-7)6-2-5-10-9-6/h2,5,8H,3-4H2,1H3. The molecular weight excluding hydrogens is 128 g/mol. The Bertz CT molecular complexity index is 214. The first-order valence-corrected chi connectivity index (χ1v) is 3.47. The summed E-state index contributed by atoms with van der Waals surface area (Å²) in [5, 5.41) is 7.12. The molecule has 3 heteroatoms. The van der Waals surface area contributed by atoms with Crippen LogP contribution in [0.5, 0.6) is 0 Å². The third-order valence-corrected chi connectivity index (χ3v) is 2.16. The highest BCUT2D eigenvalue weighted by Crippen LogP contribution is 2.43. The molecule has 0 bridgehead atoms. The van der Waals surface area contributed by atoms with Crippen LogP contribution < -0.4 is 5.32 Å². The number of hydrogen-bond donors (Lipinski definition) is 1. The van der Waals surface area contributed by atoms with Gasteiger partial charge in [-0.3, -0.25) is 0 Å². The Morgan fingerprint density at radius 2 is 2.50 bits per heavy atom. The van der Waals surface area contributed by atoms with E-state index in [0.29, 0.717) is 0 Å². The number of nitrogens with one attached hydrogen (secondary N) is 1. The molecule has 1 fully saturated rings. The molecule has 0 atom stereocenters. The molecule has 1 aliphatic rings. The molecule has 10 heavy (non-hydrogen) atoms. The van der Waals surface area contributed by atoms with Crippen molar-refractivity contribution in [3.63, 3.8) is 0 Å². The average Bonchev–Trinajstić information content (AvgIpc) is 2.58. The number of rotatable bonds is 2. The lowest BCUT2D eigenvalue weighted by Gasteiger charge is -2.07. The molecule has 0 aromatic carbocycles. The van der Waals surface area contributed by atoms with Gasteiger partial charge in [-0.2, -0.15) is 0 Å². The zero-order valence-corrected chi connectivity index (χ0v) is 5.92. The predicted octanol–water partition coefficient (Wildman–Crippen LogP) is 0.883. The van der Waals surface area contributed by atoms with Crippen molar-refractivity contribution in [2.24, 2.45) is 0 Å². The van der Waals surface area contributed by atoms with Crippen molar-refractivity contribution >= 4 is 0 Å². The van der Waals surface area contributed by atoms with Crippen molar-refractivity contribution in [1.82, 2.24) is 10.5 Å². The fourth-order valence-corrected chi connectivity index (χ4v) is 1.22. The molecular formula is C7H10N2O. The van der Waals surface area contributed by atoms with Gasteiger partial charge >= 0.3 is 0 Å². The first kappa shape index (κ1) is 5.92. The Kier molecular flexibility index (Phi) is 1.08. The second-order valence-corrected chi connectivity index (χ2v) is 2.72. The molecule has 1 aromatic heterocycles. The van der Waals surface area contributed by atoms with Crippen LogP contribution in [0.3, 0.4) is 0 Å². The highest BCUT2D eigenvalue weighted by molar-refractivity contribution is 5.19. The molecule has 1 aliphatic carbocycles. The molecule has 1 N–H and O–H groups in total. The van der Waals surface area contributed by atoms with E-state index in [-0.39, 0.29) is 5.54 Å². The van der Waals surface area contributed by atoms with Gasteiger partial charge in [-0.25, -0.2) is 0 Å². The smallest absolute Gasteiger partial charge is 0.124 e. The molecule has 0 radical (unpaired) electrons. The second kappa shape index (κ2) is 1.83. The largest absolute Gasteiger partial charge is 0.364 e. The van der Waals surface area contributed by atoms with Crippen LogP contribution in [0.25, 0.3) is 0 Å². The van der Waals surface area contributed by atoms with Crippen molar-refractivity contribution in [2.45, 2.75) is 18.4 Å². The third-order valence-electron chi connectivity index (χ3n) is 2.16. The summed E-state index contributed by atoms with van der Waals surface area (Å²) in [5.74, 6) is 0. The van der Waals surface area contributed by atoms with Crippen molar-refractivity contribution < 1.29 is 4.52 Å². The summed E-state index contributed by atoms with van der Waals surface area (Å²) >= 11 is 0. The minimum absolute atomic E-state index is 0.160. The van der Waals surface area contributed by atoms with E-state index in [4.69, 9.17) is 4.52 Å². The molecule has 1 saturated carbocycles. The Balaban J connectivity index is 2.27. The van der Waals surface area contributed by atoms with E-state index in [2.05, 4.69) is 10.5 Å². The van der Waals surface area contributed by atoms with E-state index in [1.54, 1.807) is 6.26 Å². The van der Waals surface area contributed by atoms with Crippen molar-refractivity contribution in [3.05, 3.63) is 18.0 Å². The lowest BCUT2D eigenvalue weighted by molar-refractivity contribution is 0.395. The molecule has 54 valence electrons. The minimum Gasteiger partial charge on any atom is -0.364 e. The maximum Gasteiger partial charge on any atom is 0.124 e. The van der Waals surface area contributed by atoms with Gasteiger partial charge in [0.15, 0.2) is 0 Å². The Labute approximate surface area is 59.4 Å². The Morgan fingerprint density at radius 1 is 1.70 bits per heavy atom. The quantitative estimate of drug-likeness (QED) is 0.659. The van der Waals surface area contributed by atoms with Gasteiger partial charge in [0, 0.05) is 6.07 Å².